The summed E-state index contributed by atoms with van der Waals surface area (Å²) in [7, 11) is 5.22. The van der Waals surface area contributed by atoms with Crippen molar-refractivity contribution in [3.8, 4) is 45.9 Å². The molecule has 4 aromatic carbocycles. The third-order valence-corrected chi connectivity index (χ3v) is 15.2. The Labute approximate surface area is 420 Å². The van der Waals surface area contributed by atoms with Crippen LogP contribution in [0.25, 0.3) is 11.1 Å². The molecule has 4 aromatic rings. The Morgan fingerprint density at radius 1 is 0.971 bits per heavy atom. The fourth-order valence-electron chi connectivity index (χ4n) is 11.1. The second-order valence-corrected chi connectivity index (χ2v) is 21.3. The minimum absolute atomic E-state index is 0.0162. The summed E-state index contributed by atoms with van der Waals surface area (Å²) in [5.74, 6) is 2.80. The van der Waals surface area contributed by atoms with Gasteiger partial charge in [0.25, 0.3) is 0 Å². The number of carbonyl (C=O) groups is 2. The molecule has 14 nitrogen and oxygen atoms in total. The van der Waals surface area contributed by atoms with E-state index in [0.717, 1.165) is 27.8 Å². The van der Waals surface area contributed by atoms with Crippen molar-refractivity contribution < 1.29 is 47.5 Å². The molecule has 2 bridgehead atoms. The first kappa shape index (κ1) is 49.0. The van der Waals surface area contributed by atoms with Gasteiger partial charge in [-0.15, -0.1) is 0 Å². The molecule has 1 aliphatic carbocycles. The highest BCUT2D eigenvalue weighted by Gasteiger charge is 2.57. The molecule has 1 amide bonds. The third-order valence-electron chi connectivity index (χ3n) is 13.8. The van der Waals surface area contributed by atoms with Crippen LogP contribution in [0.3, 0.4) is 0 Å². The molecule has 5 aliphatic rings. The van der Waals surface area contributed by atoms with Crippen molar-refractivity contribution in [3.05, 3.63) is 112 Å². The zero-order chi connectivity index (χ0) is 48.7. The van der Waals surface area contributed by atoms with E-state index in [-0.39, 0.29) is 50.6 Å². The smallest absolute Gasteiger partial charge is 0.408 e. The number of amides is 1. The summed E-state index contributed by atoms with van der Waals surface area (Å²) >= 11 is 19.3. The topological polar surface area (TPSA) is 150 Å². The highest BCUT2D eigenvalue weighted by atomic mass is 35.6. The van der Waals surface area contributed by atoms with Crippen LogP contribution in [0, 0.1) is 25.2 Å². The fourth-order valence-corrected chi connectivity index (χ4v) is 12.4. The van der Waals surface area contributed by atoms with E-state index >= 15 is 0 Å². The number of fused-ring (bicyclic) bond motifs is 12. The molecule has 18 heteroatoms. The van der Waals surface area contributed by atoms with Gasteiger partial charge in [-0.1, -0.05) is 102 Å². The van der Waals surface area contributed by atoms with Crippen molar-refractivity contribution in [2.24, 2.45) is 0 Å². The van der Waals surface area contributed by atoms with Crippen molar-refractivity contribution in [3.63, 3.8) is 0 Å². The molecule has 0 aromatic heterocycles. The number of rotatable bonds is 16. The molecule has 2 unspecified atom stereocenters. The SMILES string of the molecule is C=CCOc1c(C)c2c(c3c1CC1[C@H]4c5c(cc(C)c(OC)c5OCOC)C[C@@H](C(C#N)N1[C@H]3COC(=O)[C@@H](CSCC1c3ccccc3-c3ccccc31)NC(=O)OCC(Cl)(Cl)Cl)N4C)OCO2. The Balaban J connectivity index is 1.09. The first-order chi connectivity index (χ1) is 33.3. The predicted octanol–water partition coefficient (Wildman–Crippen LogP) is 8.91. The number of carbonyl (C=O) groups excluding carboxylic acids is 2. The number of methoxy groups -OCH3 is 2. The van der Waals surface area contributed by atoms with Gasteiger partial charge in [-0.25, -0.2) is 9.59 Å². The van der Waals surface area contributed by atoms with E-state index in [0.29, 0.717) is 52.9 Å². The molecule has 9 rings (SSSR count). The Morgan fingerprint density at radius 3 is 2.35 bits per heavy atom. The Bertz CT molecular complexity index is 2650. The molecule has 0 radical (unpaired) electrons. The van der Waals surface area contributed by atoms with E-state index in [1.165, 1.54) is 34.0 Å². The van der Waals surface area contributed by atoms with E-state index in [1.54, 1.807) is 20.3 Å². The summed E-state index contributed by atoms with van der Waals surface area (Å²) in [6.45, 7) is 7.17. The van der Waals surface area contributed by atoms with Crippen molar-refractivity contribution >= 4 is 58.6 Å². The predicted molar refractivity (Wildman–Crippen MR) is 263 cm³/mol. The van der Waals surface area contributed by atoms with Gasteiger partial charge in [0.2, 0.25) is 10.6 Å². The first-order valence-corrected chi connectivity index (χ1v) is 24.9. The van der Waals surface area contributed by atoms with Crippen molar-refractivity contribution in [1.29, 1.82) is 5.26 Å². The van der Waals surface area contributed by atoms with Crippen LogP contribution in [0.2, 0.25) is 0 Å². The van der Waals surface area contributed by atoms with Crippen LogP contribution in [0.1, 0.15) is 62.5 Å². The lowest BCUT2D eigenvalue weighted by atomic mass is 9.71. The number of likely N-dealkylation sites (N-methyl/N-ethyl adjacent to an activating group) is 1. The normalized spacial score (nSPS) is 21.3. The second-order valence-electron chi connectivity index (χ2n) is 17.7. The number of alkyl carbamates (subject to hydrolysis) is 1. The number of nitrogens with zero attached hydrogens (tertiary/aromatic N) is 3. The van der Waals surface area contributed by atoms with Gasteiger partial charge in [-0.2, -0.15) is 17.0 Å². The fraction of sp³-hybridized carbons (Fsp3) is 0.431. The molecular formula is C51H53Cl3N4O10S. The van der Waals surface area contributed by atoms with Gasteiger partial charge in [0, 0.05) is 58.9 Å². The summed E-state index contributed by atoms with van der Waals surface area (Å²) < 4.78 is 46.5. The Morgan fingerprint density at radius 2 is 1.68 bits per heavy atom. The molecule has 0 saturated carbocycles. The number of ether oxygens (including phenoxy) is 8. The van der Waals surface area contributed by atoms with Gasteiger partial charge >= 0.3 is 12.1 Å². The molecule has 69 heavy (non-hydrogen) atoms. The van der Waals surface area contributed by atoms with Gasteiger partial charge in [0.15, 0.2) is 29.8 Å². The zero-order valence-electron chi connectivity index (χ0n) is 38.9. The third kappa shape index (κ3) is 9.14. The molecule has 1 saturated heterocycles. The second kappa shape index (κ2) is 20.4. The number of nitriles is 1. The molecule has 4 heterocycles. The van der Waals surface area contributed by atoms with E-state index in [9.17, 15) is 14.9 Å². The monoisotopic (exact) mass is 1020 g/mol. The molecule has 1 N–H and O–H groups in total. The van der Waals surface area contributed by atoms with Crippen LogP contribution in [0.4, 0.5) is 4.79 Å². The van der Waals surface area contributed by atoms with Crippen LogP contribution < -0.4 is 29.0 Å². The number of hydrogen-bond acceptors (Lipinski definition) is 14. The van der Waals surface area contributed by atoms with Crippen LogP contribution >= 0.6 is 46.6 Å². The molecule has 364 valence electrons. The minimum atomic E-state index is -1.88. The number of hydrogen-bond donors (Lipinski definition) is 1. The quantitative estimate of drug-likeness (QED) is 0.0493. The highest BCUT2D eigenvalue weighted by Crippen LogP contribution is 2.59. The van der Waals surface area contributed by atoms with Gasteiger partial charge < -0.3 is 43.2 Å². The molecule has 1 fully saturated rings. The van der Waals surface area contributed by atoms with Gasteiger partial charge in [-0.05, 0) is 67.1 Å². The Hall–Kier alpha value is -5.05. The summed E-state index contributed by atoms with van der Waals surface area (Å²) in [6.07, 6.45) is 1.64. The van der Waals surface area contributed by atoms with E-state index < -0.39 is 46.6 Å². The lowest BCUT2D eigenvalue weighted by Crippen LogP contribution is -2.68. The van der Waals surface area contributed by atoms with Crippen molar-refractivity contribution in [2.75, 3.05) is 66.2 Å². The summed E-state index contributed by atoms with van der Waals surface area (Å²) in [5.41, 5.74) is 9.85. The van der Waals surface area contributed by atoms with E-state index in [2.05, 4.69) is 58.1 Å². The minimum Gasteiger partial charge on any atom is -0.493 e. The van der Waals surface area contributed by atoms with Crippen LogP contribution in [0.5, 0.6) is 28.7 Å². The van der Waals surface area contributed by atoms with E-state index in [1.807, 2.05) is 45.2 Å². The molecular weight excluding hydrogens is 967 g/mol. The van der Waals surface area contributed by atoms with Crippen LogP contribution in [-0.4, -0.2) is 116 Å². The standard InChI is InChI=1S/C51H53Cl3N4O10S/c1-7-16-63-45-28(3)46-48(68-26-67-46)42-34(45)19-38-43-41-29(17-27(2)44(62-6)47(41)66-25-61-5)18-37(57(43)4)39(20-55)58(38)40(42)21-64-49(59)36(56-50(60)65-24-51(52,53)54)23-69-22-35-32-14-10-8-12-30(32)31-13-9-11-15-33(31)35/h7-15,17,35-40,43H,1,16,18-19,21-26H2,2-6H3,(H,56,60)/t36-,37+,38?,39?,40+,43+/m1/s1. The van der Waals surface area contributed by atoms with E-state index in [4.69, 9.17) is 72.7 Å². The largest absolute Gasteiger partial charge is 0.493 e. The number of piperazine rings is 1. The summed E-state index contributed by atoms with van der Waals surface area (Å²) in [6, 6.07) is 17.7. The highest BCUT2D eigenvalue weighted by molar-refractivity contribution is 7.99. The molecule has 4 aliphatic heterocycles. The number of esters is 1. The lowest BCUT2D eigenvalue weighted by molar-refractivity contribution is -0.150. The Kier molecular flexibility index (Phi) is 14.4. The number of halogens is 3. The molecule has 0 spiro atoms. The average Bonchev–Trinajstić information content (AvgIpc) is 3.95. The van der Waals surface area contributed by atoms with Gasteiger partial charge in [0.1, 0.15) is 37.7 Å². The number of thioether (sulfide) groups is 1. The summed E-state index contributed by atoms with van der Waals surface area (Å²) in [5, 5.41) is 14.0. The zero-order valence-corrected chi connectivity index (χ0v) is 41.9. The first-order valence-electron chi connectivity index (χ1n) is 22.6. The number of nitrogens with one attached hydrogen (secondary N) is 1. The maximum absolute atomic E-state index is 14.7. The number of alkyl halides is 3. The van der Waals surface area contributed by atoms with Crippen LogP contribution in [-0.2, 0) is 31.8 Å². The number of aryl methyl sites for hydroxylation is 1. The summed E-state index contributed by atoms with van der Waals surface area (Å²) in [4.78, 5) is 32.5. The van der Waals surface area contributed by atoms with Gasteiger partial charge in [0.05, 0.1) is 25.3 Å². The average molecular weight is 1020 g/mol. The van der Waals surface area contributed by atoms with Crippen molar-refractivity contribution in [2.45, 2.75) is 72.7 Å². The lowest BCUT2D eigenvalue weighted by Gasteiger charge is -2.60. The maximum Gasteiger partial charge on any atom is 0.408 e. The van der Waals surface area contributed by atoms with Crippen LogP contribution in [0.15, 0.2) is 67.3 Å². The maximum atomic E-state index is 14.7. The van der Waals surface area contributed by atoms with Crippen molar-refractivity contribution in [1.82, 2.24) is 15.1 Å². The van der Waals surface area contributed by atoms with Gasteiger partial charge in [-0.3, -0.25) is 9.80 Å². The number of benzene rings is 4. The molecule has 6 atom stereocenters.